The molecule has 1 rings (SSSR count). The van der Waals surface area contributed by atoms with Crippen LogP contribution in [0.5, 0.6) is 5.75 Å². The molecule has 5 heteroatoms. The maximum atomic E-state index is 11.5. The van der Waals surface area contributed by atoms with Crippen molar-refractivity contribution in [2.75, 3.05) is 33.4 Å². The van der Waals surface area contributed by atoms with Gasteiger partial charge in [-0.3, -0.25) is 4.79 Å². The highest BCUT2D eigenvalue weighted by Crippen LogP contribution is 2.23. The van der Waals surface area contributed by atoms with Crippen molar-refractivity contribution >= 4 is 5.91 Å². The SMILES string of the molecule is C#CCNC(=O)COc1c(C)cccc1CNCCOC. The van der Waals surface area contributed by atoms with Crippen LogP contribution in [0, 0.1) is 19.3 Å². The number of rotatable bonds is 9. The van der Waals surface area contributed by atoms with E-state index < -0.39 is 0 Å². The van der Waals surface area contributed by atoms with Gasteiger partial charge in [0.15, 0.2) is 6.61 Å². The van der Waals surface area contributed by atoms with Crippen molar-refractivity contribution in [1.29, 1.82) is 0 Å². The Morgan fingerprint density at radius 2 is 2.24 bits per heavy atom. The van der Waals surface area contributed by atoms with Crippen molar-refractivity contribution in [3.05, 3.63) is 29.3 Å². The summed E-state index contributed by atoms with van der Waals surface area (Å²) in [6.07, 6.45) is 5.09. The third-order valence-corrected chi connectivity index (χ3v) is 2.83. The molecule has 0 aromatic heterocycles. The molecule has 1 aromatic rings. The van der Waals surface area contributed by atoms with Gasteiger partial charge in [0.25, 0.3) is 5.91 Å². The number of para-hydroxylation sites is 1. The molecule has 21 heavy (non-hydrogen) atoms. The Morgan fingerprint density at radius 1 is 1.43 bits per heavy atom. The molecular weight excluding hydrogens is 268 g/mol. The molecule has 0 spiro atoms. The Labute approximate surface area is 126 Å². The zero-order valence-corrected chi connectivity index (χ0v) is 12.6. The van der Waals surface area contributed by atoms with Crippen LogP contribution in [0.3, 0.4) is 0 Å². The minimum absolute atomic E-state index is 0.0440. The second-order valence-corrected chi connectivity index (χ2v) is 4.50. The number of nitrogens with one attached hydrogen (secondary N) is 2. The number of amides is 1. The average molecular weight is 290 g/mol. The molecule has 0 radical (unpaired) electrons. The van der Waals surface area contributed by atoms with Crippen LogP contribution in [0.25, 0.3) is 0 Å². The summed E-state index contributed by atoms with van der Waals surface area (Å²) in [4.78, 5) is 11.5. The summed E-state index contributed by atoms with van der Waals surface area (Å²) >= 11 is 0. The van der Waals surface area contributed by atoms with Gasteiger partial charge in [0, 0.05) is 25.8 Å². The first kappa shape index (κ1) is 17.0. The van der Waals surface area contributed by atoms with E-state index in [4.69, 9.17) is 15.9 Å². The average Bonchev–Trinajstić information content (AvgIpc) is 2.48. The second kappa shape index (κ2) is 9.81. The molecule has 0 saturated heterocycles. The Bertz CT molecular complexity index is 495. The van der Waals surface area contributed by atoms with Crippen molar-refractivity contribution in [2.45, 2.75) is 13.5 Å². The maximum absolute atomic E-state index is 11.5. The third-order valence-electron chi connectivity index (χ3n) is 2.83. The van der Waals surface area contributed by atoms with Crippen LogP contribution in [0.2, 0.25) is 0 Å². The molecule has 0 aliphatic rings. The minimum Gasteiger partial charge on any atom is -0.483 e. The van der Waals surface area contributed by atoms with E-state index in [1.165, 1.54) is 0 Å². The highest BCUT2D eigenvalue weighted by Gasteiger charge is 2.09. The lowest BCUT2D eigenvalue weighted by atomic mass is 10.1. The molecule has 0 aliphatic heterocycles. The molecule has 0 atom stereocenters. The van der Waals surface area contributed by atoms with Crippen molar-refractivity contribution in [3.8, 4) is 18.1 Å². The number of carbonyl (C=O) groups is 1. The Hall–Kier alpha value is -2.03. The van der Waals surface area contributed by atoms with E-state index in [0.717, 1.165) is 23.4 Å². The lowest BCUT2D eigenvalue weighted by Crippen LogP contribution is -2.29. The normalized spacial score (nSPS) is 9.95. The smallest absolute Gasteiger partial charge is 0.258 e. The molecule has 0 fully saturated rings. The van der Waals surface area contributed by atoms with Crippen LogP contribution in [0.4, 0.5) is 0 Å². The number of methoxy groups -OCH3 is 1. The van der Waals surface area contributed by atoms with Gasteiger partial charge in [-0.15, -0.1) is 6.42 Å². The van der Waals surface area contributed by atoms with Crippen LogP contribution < -0.4 is 15.4 Å². The molecule has 1 aromatic carbocycles. The van der Waals surface area contributed by atoms with Crippen LogP contribution in [0.1, 0.15) is 11.1 Å². The fraction of sp³-hybridized carbons (Fsp3) is 0.438. The van der Waals surface area contributed by atoms with Gasteiger partial charge in [0.05, 0.1) is 13.2 Å². The lowest BCUT2D eigenvalue weighted by Gasteiger charge is -2.14. The summed E-state index contributed by atoms with van der Waals surface area (Å²) in [6.45, 7) is 4.18. The molecule has 2 N–H and O–H groups in total. The summed E-state index contributed by atoms with van der Waals surface area (Å²) in [7, 11) is 1.66. The van der Waals surface area contributed by atoms with Crippen LogP contribution in [-0.2, 0) is 16.1 Å². The predicted molar refractivity (Wildman–Crippen MR) is 82.1 cm³/mol. The van der Waals surface area contributed by atoms with Crippen molar-refractivity contribution in [1.82, 2.24) is 10.6 Å². The minimum atomic E-state index is -0.227. The molecular formula is C16H22N2O3. The van der Waals surface area contributed by atoms with E-state index in [0.29, 0.717) is 13.2 Å². The molecule has 0 aliphatic carbocycles. The monoisotopic (exact) mass is 290 g/mol. The Morgan fingerprint density at radius 3 is 2.95 bits per heavy atom. The van der Waals surface area contributed by atoms with Gasteiger partial charge in [-0.2, -0.15) is 0 Å². The van der Waals surface area contributed by atoms with Crippen molar-refractivity contribution in [3.63, 3.8) is 0 Å². The van der Waals surface area contributed by atoms with Gasteiger partial charge in [0.2, 0.25) is 0 Å². The third kappa shape index (κ3) is 6.30. The first-order chi connectivity index (χ1) is 10.2. The fourth-order valence-electron chi connectivity index (χ4n) is 1.79. The van der Waals surface area contributed by atoms with E-state index in [1.54, 1.807) is 7.11 Å². The topological polar surface area (TPSA) is 59.6 Å². The highest BCUT2D eigenvalue weighted by molar-refractivity contribution is 5.77. The number of carbonyl (C=O) groups excluding carboxylic acids is 1. The molecule has 1 amide bonds. The van der Waals surface area contributed by atoms with Crippen molar-refractivity contribution in [2.24, 2.45) is 0 Å². The summed E-state index contributed by atoms with van der Waals surface area (Å²) in [6, 6.07) is 5.89. The molecule has 0 heterocycles. The number of hydrogen-bond donors (Lipinski definition) is 2. The van der Waals surface area contributed by atoms with Gasteiger partial charge in [0.1, 0.15) is 5.75 Å². The second-order valence-electron chi connectivity index (χ2n) is 4.50. The molecule has 114 valence electrons. The number of hydrogen-bond acceptors (Lipinski definition) is 4. The zero-order valence-electron chi connectivity index (χ0n) is 12.6. The number of ether oxygens (including phenoxy) is 2. The van der Waals surface area contributed by atoms with E-state index in [2.05, 4.69) is 16.6 Å². The number of aryl methyl sites for hydroxylation is 1. The van der Waals surface area contributed by atoms with Gasteiger partial charge in [-0.25, -0.2) is 0 Å². The first-order valence-corrected chi connectivity index (χ1v) is 6.80. The number of terminal acetylenes is 1. The number of benzene rings is 1. The lowest BCUT2D eigenvalue weighted by molar-refractivity contribution is -0.122. The standard InChI is InChI=1S/C16H22N2O3/c1-4-8-18-15(19)12-21-16-13(2)6-5-7-14(16)11-17-9-10-20-3/h1,5-7,17H,8-12H2,2-3H3,(H,18,19). The molecule has 0 bridgehead atoms. The predicted octanol–water partition coefficient (Wildman–Crippen LogP) is 0.859. The molecule has 0 saturated carbocycles. The fourth-order valence-corrected chi connectivity index (χ4v) is 1.79. The molecule has 5 nitrogen and oxygen atoms in total. The van der Waals surface area contributed by atoms with E-state index >= 15 is 0 Å². The van der Waals surface area contributed by atoms with Crippen molar-refractivity contribution < 1.29 is 14.3 Å². The quantitative estimate of drug-likeness (QED) is 0.523. The summed E-state index contributed by atoms with van der Waals surface area (Å²) in [5, 5.41) is 5.83. The van der Waals surface area contributed by atoms with E-state index in [9.17, 15) is 4.79 Å². The highest BCUT2D eigenvalue weighted by atomic mass is 16.5. The maximum Gasteiger partial charge on any atom is 0.258 e. The summed E-state index contributed by atoms with van der Waals surface area (Å²) < 4.78 is 10.6. The van der Waals surface area contributed by atoms with Gasteiger partial charge in [-0.05, 0) is 12.5 Å². The first-order valence-electron chi connectivity index (χ1n) is 6.80. The van der Waals surface area contributed by atoms with Crippen LogP contribution >= 0.6 is 0 Å². The summed E-state index contributed by atoms with van der Waals surface area (Å²) in [5.74, 6) is 2.86. The Kier molecular flexibility index (Phi) is 7.95. The van der Waals surface area contributed by atoms with Crippen LogP contribution in [-0.4, -0.2) is 39.3 Å². The van der Waals surface area contributed by atoms with Gasteiger partial charge >= 0.3 is 0 Å². The molecule has 0 unspecified atom stereocenters. The Balaban J connectivity index is 2.58. The van der Waals surface area contributed by atoms with E-state index in [-0.39, 0.29) is 19.1 Å². The largest absolute Gasteiger partial charge is 0.483 e. The van der Waals surface area contributed by atoms with Gasteiger partial charge in [-0.1, -0.05) is 24.1 Å². The van der Waals surface area contributed by atoms with Crippen LogP contribution in [0.15, 0.2) is 18.2 Å². The van der Waals surface area contributed by atoms with E-state index in [1.807, 2.05) is 25.1 Å². The zero-order chi connectivity index (χ0) is 15.5. The summed E-state index contributed by atoms with van der Waals surface area (Å²) in [5.41, 5.74) is 2.00. The van der Waals surface area contributed by atoms with Gasteiger partial charge < -0.3 is 20.1 Å².